The summed E-state index contributed by atoms with van der Waals surface area (Å²) in [5.41, 5.74) is 0.284. The van der Waals surface area contributed by atoms with E-state index in [1.807, 2.05) is 17.5 Å². The van der Waals surface area contributed by atoms with Crippen LogP contribution in [0.15, 0.2) is 28.8 Å². The van der Waals surface area contributed by atoms with Gasteiger partial charge in [-0.2, -0.15) is 0 Å². The fourth-order valence-electron chi connectivity index (χ4n) is 2.76. The van der Waals surface area contributed by atoms with Crippen LogP contribution in [0.3, 0.4) is 0 Å². The van der Waals surface area contributed by atoms with Crippen LogP contribution in [-0.2, 0) is 31.6 Å². The van der Waals surface area contributed by atoms with Gasteiger partial charge in [-0.1, -0.05) is 6.07 Å². The second-order valence-electron chi connectivity index (χ2n) is 5.36. The van der Waals surface area contributed by atoms with Gasteiger partial charge < -0.3 is 10.4 Å². The predicted octanol–water partition coefficient (Wildman–Crippen LogP) is 0.0646. The van der Waals surface area contributed by atoms with E-state index in [0.717, 1.165) is 9.78 Å². The zero-order chi connectivity index (χ0) is 16.7. The number of aliphatic carboxylic acids is 1. The van der Waals surface area contributed by atoms with Crippen molar-refractivity contribution in [1.29, 1.82) is 0 Å². The molecule has 1 fully saturated rings. The van der Waals surface area contributed by atoms with Gasteiger partial charge in [-0.05, 0) is 23.9 Å². The topological polar surface area (TPSA) is 104 Å². The summed E-state index contributed by atoms with van der Waals surface area (Å²) in [4.78, 5) is 37.4. The van der Waals surface area contributed by atoms with Crippen molar-refractivity contribution in [3.63, 3.8) is 0 Å². The Kier molecular flexibility index (Phi) is 4.07. The van der Waals surface area contributed by atoms with E-state index in [0.29, 0.717) is 5.57 Å². The van der Waals surface area contributed by atoms with Gasteiger partial charge in [0.05, 0.1) is 17.2 Å². The van der Waals surface area contributed by atoms with Crippen LogP contribution in [0.25, 0.3) is 0 Å². The summed E-state index contributed by atoms with van der Waals surface area (Å²) in [6, 6.07) is 2.71. The molecule has 0 spiro atoms. The van der Waals surface area contributed by atoms with Crippen LogP contribution >= 0.6 is 11.3 Å². The van der Waals surface area contributed by atoms with Crippen molar-refractivity contribution in [2.24, 2.45) is 0 Å². The van der Waals surface area contributed by atoms with Gasteiger partial charge in [0.2, 0.25) is 5.91 Å². The number of nitrogens with one attached hydrogen (secondary N) is 1. The second-order valence-corrected chi connectivity index (χ2v) is 7.92. The molecule has 1 aromatic heterocycles. The molecule has 0 saturated carbocycles. The Labute approximate surface area is 138 Å². The molecule has 0 bridgehead atoms. The van der Waals surface area contributed by atoms with Gasteiger partial charge >= 0.3 is 5.97 Å². The first-order chi connectivity index (χ1) is 10.9. The Bertz CT molecular complexity index is 740. The van der Waals surface area contributed by atoms with Gasteiger partial charge in [0.15, 0.2) is 0 Å². The fourth-order valence-corrected chi connectivity index (χ4v) is 5.13. The molecule has 7 nitrogen and oxygen atoms in total. The van der Waals surface area contributed by atoms with E-state index >= 15 is 0 Å². The lowest BCUT2D eigenvalue weighted by atomic mass is 10.0. The number of rotatable bonds is 4. The van der Waals surface area contributed by atoms with Crippen molar-refractivity contribution in [2.45, 2.75) is 24.8 Å². The number of amides is 2. The summed E-state index contributed by atoms with van der Waals surface area (Å²) < 4.78 is 12.2. The fraction of sp³-hybridized carbons (Fsp3) is 0.357. The summed E-state index contributed by atoms with van der Waals surface area (Å²) in [5.74, 6) is -2.00. The summed E-state index contributed by atoms with van der Waals surface area (Å²) in [6.07, 6.45) is 0.140. The summed E-state index contributed by atoms with van der Waals surface area (Å²) in [6.45, 7) is 1.55. The number of hydrogen-bond acceptors (Lipinski definition) is 5. The van der Waals surface area contributed by atoms with Crippen LogP contribution in [0.4, 0.5) is 0 Å². The molecule has 2 aliphatic heterocycles. The Morgan fingerprint density at radius 2 is 2.26 bits per heavy atom. The van der Waals surface area contributed by atoms with Gasteiger partial charge in [-0.3, -0.25) is 18.7 Å². The third-order valence-electron chi connectivity index (χ3n) is 3.75. The Balaban J connectivity index is 1.75. The van der Waals surface area contributed by atoms with E-state index in [1.165, 1.54) is 11.3 Å². The first-order valence-corrected chi connectivity index (χ1v) is 9.11. The lowest BCUT2D eigenvalue weighted by molar-refractivity contribution is -0.150. The number of nitrogens with zero attached hydrogens (tertiary/aromatic N) is 1. The molecule has 2 N–H and O–H groups in total. The van der Waals surface area contributed by atoms with Crippen molar-refractivity contribution in [3.8, 4) is 0 Å². The molecule has 0 aromatic carbocycles. The van der Waals surface area contributed by atoms with Gasteiger partial charge in [-0.15, -0.1) is 11.3 Å². The number of thiophene rings is 1. The summed E-state index contributed by atoms with van der Waals surface area (Å²) in [7, 11) is -1.43. The number of carboxylic acid groups (broad SMARTS) is 1. The van der Waals surface area contributed by atoms with Crippen molar-refractivity contribution >= 4 is 39.9 Å². The first kappa shape index (κ1) is 15.9. The van der Waals surface area contributed by atoms with Crippen LogP contribution in [0, 0.1) is 0 Å². The first-order valence-electron chi connectivity index (χ1n) is 6.85. The van der Waals surface area contributed by atoms with Crippen molar-refractivity contribution in [1.82, 2.24) is 10.2 Å². The third kappa shape index (κ3) is 2.70. The maximum Gasteiger partial charge on any atom is 0.352 e. The summed E-state index contributed by atoms with van der Waals surface area (Å²) >= 11 is 1.43. The van der Waals surface area contributed by atoms with Crippen molar-refractivity contribution in [2.75, 3.05) is 5.75 Å². The molecule has 2 aliphatic rings. The van der Waals surface area contributed by atoms with Crippen molar-refractivity contribution < 1.29 is 23.7 Å². The van der Waals surface area contributed by atoms with Gasteiger partial charge in [0.25, 0.3) is 5.91 Å². The normalized spacial score (nSPS) is 26.6. The lowest BCUT2D eigenvalue weighted by Gasteiger charge is -2.48. The van der Waals surface area contributed by atoms with E-state index in [2.05, 4.69) is 5.32 Å². The number of β-lactam (4-membered cyclic amide) rings is 1. The van der Waals surface area contributed by atoms with E-state index in [4.69, 9.17) is 0 Å². The third-order valence-corrected chi connectivity index (χ3v) is 6.37. The molecular formula is C14H14N2O5S2. The number of carbonyl (C=O) groups excluding carboxylic acids is 2. The molecule has 122 valence electrons. The summed E-state index contributed by atoms with van der Waals surface area (Å²) in [5, 5.41) is 12.9. The molecule has 23 heavy (non-hydrogen) atoms. The van der Waals surface area contributed by atoms with Gasteiger partial charge in [0, 0.05) is 10.6 Å². The largest absolute Gasteiger partial charge is 0.477 e. The highest BCUT2D eigenvalue weighted by atomic mass is 32.2. The minimum Gasteiger partial charge on any atom is -0.477 e. The maximum atomic E-state index is 12.2. The quantitative estimate of drug-likeness (QED) is 0.745. The molecule has 0 radical (unpaired) electrons. The molecule has 1 saturated heterocycles. The molecule has 9 heteroatoms. The maximum absolute atomic E-state index is 12.2. The SMILES string of the molecule is CC1=C(C(=O)O)N2C(=O)C(NC(=O)Cc3cccs3)[C@@H]2S(=O)C1. The second kappa shape index (κ2) is 5.89. The van der Waals surface area contributed by atoms with Crippen LogP contribution < -0.4 is 5.32 Å². The molecule has 3 atom stereocenters. The van der Waals surface area contributed by atoms with Crippen LogP contribution in [0.1, 0.15) is 11.8 Å². The molecule has 3 heterocycles. The lowest BCUT2D eigenvalue weighted by Crippen LogP contribution is -2.73. The zero-order valence-corrected chi connectivity index (χ0v) is 13.8. The highest BCUT2D eigenvalue weighted by Gasteiger charge is 2.56. The van der Waals surface area contributed by atoms with Gasteiger partial charge in [0.1, 0.15) is 17.1 Å². The minimum absolute atomic E-state index is 0.0906. The van der Waals surface area contributed by atoms with E-state index < -0.39 is 34.1 Å². The number of carbonyl (C=O) groups is 3. The van der Waals surface area contributed by atoms with Crippen LogP contribution in [0.5, 0.6) is 0 Å². The minimum atomic E-state index is -1.43. The number of fused-ring (bicyclic) bond motifs is 1. The van der Waals surface area contributed by atoms with Crippen molar-refractivity contribution in [3.05, 3.63) is 33.7 Å². The van der Waals surface area contributed by atoms with E-state index in [9.17, 15) is 23.7 Å². The molecule has 0 aliphatic carbocycles. The Hall–Kier alpha value is -2.00. The van der Waals surface area contributed by atoms with Gasteiger partial charge in [-0.25, -0.2) is 4.79 Å². The van der Waals surface area contributed by atoms with E-state index in [-0.39, 0.29) is 23.8 Å². The highest BCUT2D eigenvalue weighted by molar-refractivity contribution is 7.86. The van der Waals surface area contributed by atoms with Crippen LogP contribution in [-0.4, -0.2) is 49.2 Å². The number of carboxylic acids is 1. The van der Waals surface area contributed by atoms with Crippen LogP contribution in [0.2, 0.25) is 0 Å². The zero-order valence-electron chi connectivity index (χ0n) is 12.1. The number of hydrogen-bond donors (Lipinski definition) is 2. The predicted molar refractivity (Wildman–Crippen MR) is 83.9 cm³/mol. The Morgan fingerprint density at radius 1 is 1.52 bits per heavy atom. The average Bonchev–Trinajstić information content (AvgIpc) is 2.96. The average molecular weight is 354 g/mol. The molecule has 1 aromatic rings. The highest BCUT2D eigenvalue weighted by Crippen LogP contribution is 2.34. The smallest absolute Gasteiger partial charge is 0.352 e. The van der Waals surface area contributed by atoms with E-state index in [1.54, 1.807) is 6.92 Å². The standard InChI is InChI=1S/C14H14N2O5S2/c1-7-6-23(21)13-10(12(18)16(13)11(7)14(19)20)15-9(17)5-8-3-2-4-22-8/h2-4,10,13H,5-6H2,1H3,(H,15,17)(H,19,20)/t10?,13-,23?/m0/s1. The molecule has 2 amide bonds. The molecular weight excluding hydrogens is 340 g/mol. The molecule has 2 unspecified atom stereocenters. The molecule has 3 rings (SSSR count). The monoisotopic (exact) mass is 354 g/mol. The Morgan fingerprint density at radius 3 is 2.87 bits per heavy atom.